The van der Waals surface area contributed by atoms with Crippen molar-refractivity contribution < 1.29 is 9.90 Å². The van der Waals surface area contributed by atoms with Gasteiger partial charge in [0.25, 0.3) is 0 Å². The van der Waals surface area contributed by atoms with Gasteiger partial charge in [0.15, 0.2) is 0 Å². The van der Waals surface area contributed by atoms with Gasteiger partial charge < -0.3 is 16.2 Å². The molecular weight excluding hydrogens is 252 g/mol. The summed E-state index contributed by atoms with van der Waals surface area (Å²) in [6, 6.07) is 6.39. The van der Waals surface area contributed by atoms with E-state index in [-0.39, 0.29) is 0 Å². The van der Waals surface area contributed by atoms with Gasteiger partial charge in [0, 0.05) is 17.5 Å². The van der Waals surface area contributed by atoms with Crippen molar-refractivity contribution in [2.75, 3.05) is 13.1 Å². The summed E-state index contributed by atoms with van der Waals surface area (Å²) in [6.45, 7) is 4.63. The highest BCUT2D eigenvalue weighted by Gasteiger charge is 2.40. The van der Waals surface area contributed by atoms with Crippen LogP contribution in [0.2, 0.25) is 5.02 Å². The van der Waals surface area contributed by atoms with Gasteiger partial charge >= 0.3 is 6.09 Å². The molecule has 0 bridgehead atoms. The van der Waals surface area contributed by atoms with Crippen molar-refractivity contribution in [2.24, 2.45) is 11.7 Å². The Kier molecular flexibility index (Phi) is 3.78. The molecule has 2 aliphatic rings. The van der Waals surface area contributed by atoms with E-state index in [2.05, 4.69) is 30.1 Å². The maximum absolute atomic E-state index is 8.78. The van der Waals surface area contributed by atoms with Gasteiger partial charge in [0.1, 0.15) is 0 Å². The van der Waals surface area contributed by atoms with Gasteiger partial charge in [-0.05, 0) is 41.6 Å². The molecule has 1 aliphatic carbocycles. The molecule has 3 rings (SSSR count). The first kappa shape index (κ1) is 13.2. The van der Waals surface area contributed by atoms with Gasteiger partial charge in [-0.3, -0.25) is 0 Å². The molecule has 1 fully saturated rings. The number of fused-ring (bicyclic) bond motifs is 3. The summed E-state index contributed by atoms with van der Waals surface area (Å²) in [5.41, 5.74) is 7.03. The molecule has 1 aromatic rings. The van der Waals surface area contributed by atoms with Gasteiger partial charge in [-0.15, -0.1) is 0 Å². The fraction of sp³-hybridized carbons (Fsp3) is 0.462. The molecule has 3 unspecified atom stereocenters. The van der Waals surface area contributed by atoms with Crippen LogP contribution in [0.25, 0.3) is 0 Å². The molecule has 1 aromatic carbocycles. The second-order valence-corrected chi connectivity index (χ2v) is 5.27. The van der Waals surface area contributed by atoms with Crippen molar-refractivity contribution in [3.63, 3.8) is 0 Å². The van der Waals surface area contributed by atoms with Gasteiger partial charge in [-0.1, -0.05) is 24.6 Å². The summed E-state index contributed by atoms with van der Waals surface area (Å²) in [5, 5.41) is 11.5. The topological polar surface area (TPSA) is 75.3 Å². The Balaban J connectivity index is 0.000000267. The van der Waals surface area contributed by atoms with Crippen LogP contribution in [0.4, 0.5) is 4.79 Å². The van der Waals surface area contributed by atoms with E-state index >= 15 is 0 Å². The first-order valence-corrected chi connectivity index (χ1v) is 6.37. The van der Waals surface area contributed by atoms with E-state index in [1.165, 1.54) is 11.1 Å². The predicted octanol–water partition coefficient (Wildman–Crippen LogP) is 2.38. The van der Waals surface area contributed by atoms with E-state index in [1.807, 2.05) is 6.07 Å². The van der Waals surface area contributed by atoms with Gasteiger partial charge in [-0.25, -0.2) is 4.79 Å². The minimum Gasteiger partial charge on any atom is -0.465 e. The first-order chi connectivity index (χ1) is 8.50. The van der Waals surface area contributed by atoms with E-state index in [9.17, 15) is 0 Å². The van der Waals surface area contributed by atoms with Crippen LogP contribution in [-0.4, -0.2) is 24.3 Å². The number of carboxylic acid groups (broad SMARTS) is 1. The molecule has 0 aromatic heterocycles. The number of nitrogens with two attached hydrogens (primary N) is 1. The average Bonchev–Trinajstić information content (AvgIpc) is 2.83. The molecule has 98 valence electrons. The number of rotatable bonds is 0. The first-order valence-electron chi connectivity index (χ1n) is 5.99. The van der Waals surface area contributed by atoms with E-state index in [1.54, 1.807) is 0 Å². The maximum atomic E-state index is 8.78. The summed E-state index contributed by atoms with van der Waals surface area (Å²) in [7, 11) is 0. The number of hydrogen-bond acceptors (Lipinski definition) is 2. The lowest BCUT2D eigenvalue weighted by atomic mass is 9.91. The second-order valence-electron chi connectivity index (χ2n) is 4.83. The third kappa shape index (κ3) is 2.44. The summed E-state index contributed by atoms with van der Waals surface area (Å²) in [4.78, 5) is 8.78. The van der Waals surface area contributed by atoms with Crippen LogP contribution in [0.1, 0.15) is 29.9 Å². The predicted molar refractivity (Wildman–Crippen MR) is 71.2 cm³/mol. The highest BCUT2D eigenvalue weighted by Crippen LogP contribution is 2.48. The van der Waals surface area contributed by atoms with Crippen molar-refractivity contribution in [3.05, 3.63) is 34.3 Å². The molecule has 0 radical (unpaired) electrons. The Labute approximate surface area is 111 Å². The number of hydrogen-bond donors (Lipinski definition) is 3. The third-order valence-corrected chi connectivity index (χ3v) is 4.08. The number of benzene rings is 1. The van der Waals surface area contributed by atoms with Crippen LogP contribution < -0.4 is 11.1 Å². The largest absolute Gasteiger partial charge is 0.465 e. The molecule has 4 nitrogen and oxygen atoms in total. The lowest BCUT2D eigenvalue weighted by molar-refractivity contribution is 0.205. The molecule has 0 spiro atoms. The number of nitrogens with one attached hydrogen (secondary N) is 1. The van der Waals surface area contributed by atoms with Gasteiger partial charge in [0.05, 0.1) is 0 Å². The molecule has 18 heavy (non-hydrogen) atoms. The van der Waals surface area contributed by atoms with Crippen molar-refractivity contribution in [1.29, 1.82) is 0 Å². The zero-order valence-electron chi connectivity index (χ0n) is 10.2. The zero-order valence-corrected chi connectivity index (χ0v) is 10.9. The quantitative estimate of drug-likeness (QED) is 0.676. The number of primary amides is 1. The van der Waals surface area contributed by atoms with Crippen LogP contribution in [0.5, 0.6) is 0 Å². The standard InChI is InChI=1S/C12H14ClN.CH3NO2/c1-7-9-3-2-8(13)4-10(9)12-6-14-5-11(7)12;2-1(3)4/h2-4,7,11-12,14H,5-6H2,1H3;2H2,(H,3,4). The number of carbonyl (C=O) groups is 1. The Hall–Kier alpha value is -1.26. The van der Waals surface area contributed by atoms with Crippen molar-refractivity contribution >= 4 is 17.7 Å². The normalized spacial score (nSPS) is 28.0. The Morgan fingerprint density at radius 1 is 1.44 bits per heavy atom. The van der Waals surface area contributed by atoms with Crippen molar-refractivity contribution in [3.8, 4) is 0 Å². The van der Waals surface area contributed by atoms with Crippen molar-refractivity contribution in [1.82, 2.24) is 5.32 Å². The smallest absolute Gasteiger partial charge is 0.402 e. The summed E-state index contributed by atoms with van der Waals surface area (Å²) in [5.74, 6) is 2.20. The zero-order chi connectivity index (χ0) is 13.3. The third-order valence-electron chi connectivity index (χ3n) is 3.84. The van der Waals surface area contributed by atoms with Crippen molar-refractivity contribution in [2.45, 2.75) is 18.8 Å². The van der Waals surface area contributed by atoms with Crippen LogP contribution in [0, 0.1) is 5.92 Å². The highest BCUT2D eigenvalue weighted by molar-refractivity contribution is 6.30. The van der Waals surface area contributed by atoms with Crippen LogP contribution in [0.3, 0.4) is 0 Å². The molecule has 4 N–H and O–H groups in total. The highest BCUT2D eigenvalue weighted by atomic mass is 35.5. The lowest BCUT2D eigenvalue weighted by Crippen LogP contribution is -2.12. The number of amides is 1. The average molecular weight is 269 g/mol. The van der Waals surface area contributed by atoms with E-state index in [0.29, 0.717) is 11.8 Å². The molecule has 1 heterocycles. The fourth-order valence-corrected chi connectivity index (χ4v) is 3.26. The van der Waals surface area contributed by atoms with E-state index in [4.69, 9.17) is 21.5 Å². The number of halogens is 1. The van der Waals surface area contributed by atoms with Crippen LogP contribution >= 0.6 is 11.6 Å². The monoisotopic (exact) mass is 268 g/mol. The summed E-state index contributed by atoms with van der Waals surface area (Å²) < 4.78 is 0. The lowest BCUT2D eigenvalue weighted by Gasteiger charge is -2.12. The minimum absolute atomic E-state index is 0.697. The maximum Gasteiger partial charge on any atom is 0.402 e. The molecule has 1 aliphatic heterocycles. The van der Waals surface area contributed by atoms with E-state index in [0.717, 1.165) is 24.0 Å². The Bertz CT molecular complexity index is 460. The molecule has 1 amide bonds. The minimum atomic E-state index is -1.33. The van der Waals surface area contributed by atoms with E-state index < -0.39 is 6.09 Å². The van der Waals surface area contributed by atoms with Gasteiger partial charge in [0.2, 0.25) is 0 Å². The summed E-state index contributed by atoms with van der Waals surface area (Å²) in [6.07, 6.45) is -1.33. The SMILES string of the molecule is CC1c2ccc(Cl)cc2C2CNCC12.NC(=O)O. The molecular formula is C13H17ClN2O2. The van der Waals surface area contributed by atoms with Crippen LogP contribution in [-0.2, 0) is 0 Å². The fourth-order valence-electron chi connectivity index (χ4n) is 3.08. The summed E-state index contributed by atoms with van der Waals surface area (Å²) >= 11 is 6.04. The molecule has 3 atom stereocenters. The molecule has 1 saturated heterocycles. The van der Waals surface area contributed by atoms with Crippen LogP contribution in [0.15, 0.2) is 18.2 Å². The Morgan fingerprint density at radius 3 is 2.78 bits per heavy atom. The van der Waals surface area contributed by atoms with Gasteiger partial charge in [-0.2, -0.15) is 0 Å². The molecule has 5 heteroatoms. The Morgan fingerprint density at radius 2 is 2.11 bits per heavy atom. The molecule has 0 saturated carbocycles. The second kappa shape index (κ2) is 5.16.